The number of hydrogen-bond donors (Lipinski definition) is 0. The van der Waals surface area contributed by atoms with Crippen LogP contribution in [0.3, 0.4) is 0 Å². The van der Waals surface area contributed by atoms with Crippen LogP contribution in [0, 0.1) is 6.42 Å². The summed E-state index contributed by atoms with van der Waals surface area (Å²) in [6, 6.07) is 9.64. The fraction of sp³-hybridized carbons (Fsp3) is 0.556. The molecule has 2 heteroatoms. The Morgan fingerprint density at radius 2 is 1.75 bits per heavy atom. The molecular formula is C18H26NO. The first kappa shape index (κ1) is 15.2. The van der Waals surface area contributed by atoms with Gasteiger partial charge in [0.15, 0.2) is 5.78 Å². The van der Waals surface area contributed by atoms with Gasteiger partial charge in [-0.25, -0.2) is 0 Å². The quantitative estimate of drug-likeness (QED) is 0.498. The van der Waals surface area contributed by atoms with Crippen molar-refractivity contribution in [3.05, 3.63) is 42.3 Å². The van der Waals surface area contributed by atoms with Crippen molar-refractivity contribution in [2.45, 2.75) is 44.9 Å². The summed E-state index contributed by atoms with van der Waals surface area (Å²) in [5, 5.41) is 0. The lowest BCUT2D eigenvalue weighted by atomic mass is 10.0. The van der Waals surface area contributed by atoms with E-state index in [0.717, 1.165) is 12.0 Å². The van der Waals surface area contributed by atoms with Gasteiger partial charge in [0.1, 0.15) is 0 Å². The van der Waals surface area contributed by atoms with Crippen LogP contribution in [0.4, 0.5) is 0 Å². The zero-order valence-corrected chi connectivity index (χ0v) is 12.4. The van der Waals surface area contributed by atoms with Gasteiger partial charge in [-0.1, -0.05) is 49.6 Å². The number of Topliss-reactive ketones (excluding diaryl/α,β-unsaturated/α-hetero) is 1. The van der Waals surface area contributed by atoms with Crippen LogP contribution in [0.25, 0.3) is 0 Å². The van der Waals surface area contributed by atoms with Crippen LogP contribution >= 0.6 is 0 Å². The Kier molecular flexibility index (Phi) is 6.79. The monoisotopic (exact) mass is 272 g/mol. The summed E-state index contributed by atoms with van der Waals surface area (Å²) >= 11 is 0. The predicted octanol–water partition coefficient (Wildman–Crippen LogP) is 4.12. The molecule has 0 atom stereocenters. The van der Waals surface area contributed by atoms with Gasteiger partial charge in [0.05, 0.1) is 0 Å². The second-order valence-corrected chi connectivity index (χ2v) is 5.68. The largest absolute Gasteiger partial charge is 0.303 e. The molecule has 1 aromatic rings. The molecule has 2 nitrogen and oxygen atoms in total. The summed E-state index contributed by atoms with van der Waals surface area (Å²) in [4.78, 5) is 14.4. The minimum atomic E-state index is 0.290. The molecule has 0 amide bonds. The van der Waals surface area contributed by atoms with Crippen LogP contribution in [0.1, 0.15) is 55.3 Å². The topological polar surface area (TPSA) is 20.3 Å². The van der Waals surface area contributed by atoms with E-state index in [0.29, 0.717) is 12.2 Å². The molecule has 109 valence electrons. The van der Waals surface area contributed by atoms with E-state index in [1.54, 1.807) is 0 Å². The summed E-state index contributed by atoms with van der Waals surface area (Å²) < 4.78 is 0. The van der Waals surface area contributed by atoms with Gasteiger partial charge < -0.3 is 4.90 Å². The van der Waals surface area contributed by atoms with E-state index < -0.39 is 0 Å². The van der Waals surface area contributed by atoms with Crippen molar-refractivity contribution in [2.24, 2.45) is 0 Å². The van der Waals surface area contributed by atoms with Gasteiger partial charge in [-0.05, 0) is 38.8 Å². The van der Waals surface area contributed by atoms with Crippen molar-refractivity contribution in [3.63, 3.8) is 0 Å². The smallest absolute Gasteiger partial charge is 0.162 e. The standard InChI is InChI=1S/C18H26NO/c20-18(17-11-5-4-6-12-17)13-7-2-1-3-8-14-19-15-9-10-16-19/h4-6,9,11-12H,1-3,7-8,10,13-16H2. The predicted molar refractivity (Wildman–Crippen MR) is 83.8 cm³/mol. The molecule has 0 saturated carbocycles. The number of carbonyl (C=O) groups excluding carboxylic acids is 1. The summed E-state index contributed by atoms with van der Waals surface area (Å²) in [6.07, 6.45) is 10.4. The molecule has 1 saturated heterocycles. The third kappa shape index (κ3) is 5.46. The van der Waals surface area contributed by atoms with Crippen LogP contribution in [-0.2, 0) is 0 Å². The first-order valence-corrected chi connectivity index (χ1v) is 7.98. The number of nitrogens with zero attached hydrogens (tertiary/aromatic N) is 1. The van der Waals surface area contributed by atoms with E-state index in [1.807, 2.05) is 30.3 Å². The summed E-state index contributed by atoms with van der Waals surface area (Å²) in [7, 11) is 0. The lowest BCUT2D eigenvalue weighted by molar-refractivity contribution is 0.0979. The molecule has 0 aromatic heterocycles. The van der Waals surface area contributed by atoms with Crippen LogP contribution in [0.15, 0.2) is 30.3 Å². The lowest BCUT2D eigenvalue weighted by Gasteiger charge is -2.13. The lowest BCUT2D eigenvalue weighted by Crippen LogP contribution is -2.20. The van der Waals surface area contributed by atoms with E-state index in [4.69, 9.17) is 0 Å². The molecule has 0 N–H and O–H groups in total. The highest BCUT2D eigenvalue weighted by Gasteiger charge is 2.10. The number of benzene rings is 1. The third-order valence-corrected chi connectivity index (χ3v) is 4.01. The van der Waals surface area contributed by atoms with Crippen LogP contribution in [0.5, 0.6) is 0 Å². The zero-order valence-electron chi connectivity index (χ0n) is 12.4. The second kappa shape index (κ2) is 8.91. The highest BCUT2D eigenvalue weighted by Crippen LogP contribution is 2.12. The summed E-state index contributed by atoms with van der Waals surface area (Å²) in [5.41, 5.74) is 0.859. The van der Waals surface area contributed by atoms with Crippen LogP contribution in [-0.4, -0.2) is 30.3 Å². The fourth-order valence-electron chi connectivity index (χ4n) is 2.76. The molecule has 1 aliphatic rings. The molecule has 0 unspecified atom stereocenters. The van der Waals surface area contributed by atoms with Crippen molar-refractivity contribution >= 4 is 5.78 Å². The molecule has 1 radical (unpaired) electrons. The zero-order chi connectivity index (χ0) is 14.0. The van der Waals surface area contributed by atoms with Crippen LogP contribution < -0.4 is 0 Å². The fourth-order valence-corrected chi connectivity index (χ4v) is 2.76. The van der Waals surface area contributed by atoms with Crippen molar-refractivity contribution in [1.29, 1.82) is 0 Å². The molecular weight excluding hydrogens is 246 g/mol. The van der Waals surface area contributed by atoms with Crippen molar-refractivity contribution in [3.8, 4) is 0 Å². The molecule has 0 bridgehead atoms. The Morgan fingerprint density at radius 1 is 1.00 bits per heavy atom. The van der Waals surface area contributed by atoms with Crippen molar-refractivity contribution in [2.75, 3.05) is 19.6 Å². The Labute approximate surface area is 123 Å². The molecule has 1 aliphatic heterocycles. The maximum atomic E-state index is 11.9. The Morgan fingerprint density at radius 3 is 2.50 bits per heavy atom. The van der Waals surface area contributed by atoms with Gasteiger partial charge in [-0.2, -0.15) is 0 Å². The van der Waals surface area contributed by atoms with Gasteiger partial charge in [0.25, 0.3) is 0 Å². The van der Waals surface area contributed by atoms with Crippen LogP contribution in [0.2, 0.25) is 0 Å². The highest BCUT2D eigenvalue weighted by molar-refractivity contribution is 5.95. The molecule has 1 heterocycles. The van der Waals surface area contributed by atoms with Gasteiger partial charge in [-0.15, -0.1) is 0 Å². The average Bonchev–Trinajstić information content (AvgIpc) is 3.00. The second-order valence-electron chi connectivity index (χ2n) is 5.68. The summed E-state index contributed by atoms with van der Waals surface area (Å²) in [5.74, 6) is 0.290. The Bertz CT molecular complexity index is 382. The molecule has 1 fully saturated rings. The maximum Gasteiger partial charge on any atom is 0.162 e. The number of unbranched alkanes of at least 4 members (excludes halogenated alkanes) is 4. The van der Waals surface area contributed by atoms with Gasteiger partial charge in [0, 0.05) is 18.5 Å². The third-order valence-electron chi connectivity index (χ3n) is 4.01. The SMILES string of the molecule is O=C(CCCCCCCN1C[CH]CC1)c1ccccc1. The van der Waals surface area contributed by atoms with Gasteiger partial charge >= 0.3 is 0 Å². The van der Waals surface area contributed by atoms with E-state index in [-0.39, 0.29) is 0 Å². The highest BCUT2D eigenvalue weighted by atomic mass is 16.1. The molecule has 0 spiro atoms. The molecule has 1 aromatic carbocycles. The number of ketones is 1. The molecule has 0 aliphatic carbocycles. The van der Waals surface area contributed by atoms with E-state index in [2.05, 4.69) is 11.3 Å². The Balaban J connectivity index is 1.46. The Hall–Kier alpha value is -1.15. The first-order chi connectivity index (χ1) is 9.86. The van der Waals surface area contributed by atoms with E-state index in [9.17, 15) is 4.79 Å². The number of hydrogen-bond acceptors (Lipinski definition) is 2. The average molecular weight is 272 g/mol. The maximum absolute atomic E-state index is 11.9. The number of likely N-dealkylation sites (tertiary alicyclic amines) is 1. The molecule has 2 rings (SSSR count). The van der Waals surface area contributed by atoms with Crippen molar-refractivity contribution < 1.29 is 4.79 Å². The number of carbonyl (C=O) groups is 1. The van der Waals surface area contributed by atoms with E-state index in [1.165, 1.54) is 51.7 Å². The van der Waals surface area contributed by atoms with Crippen molar-refractivity contribution in [1.82, 2.24) is 4.90 Å². The molecule has 20 heavy (non-hydrogen) atoms. The number of rotatable bonds is 9. The minimum Gasteiger partial charge on any atom is -0.303 e. The first-order valence-electron chi connectivity index (χ1n) is 7.98. The van der Waals surface area contributed by atoms with E-state index >= 15 is 0 Å². The minimum absolute atomic E-state index is 0.290. The van der Waals surface area contributed by atoms with Gasteiger partial charge in [-0.3, -0.25) is 4.79 Å². The van der Waals surface area contributed by atoms with Gasteiger partial charge in [0.2, 0.25) is 0 Å². The summed E-state index contributed by atoms with van der Waals surface area (Å²) in [6.45, 7) is 3.69. The normalized spacial score (nSPS) is 15.6.